The van der Waals surface area contributed by atoms with Crippen molar-refractivity contribution in [3.63, 3.8) is 0 Å². The molecule has 0 spiro atoms. The molecule has 2 aromatic heterocycles. The number of aliphatic carboxylic acids is 1. The Bertz CT molecular complexity index is 1370. The van der Waals surface area contributed by atoms with Crippen molar-refractivity contribution in [3.05, 3.63) is 58.7 Å². The van der Waals surface area contributed by atoms with Crippen molar-refractivity contribution in [1.29, 1.82) is 5.41 Å². The molecule has 1 aliphatic carbocycles. The number of fused-ring (bicyclic) bond motifs is 2. The number of amidine groups is 1. The molecule has 5 rings (SSSR count). The van der Waals surface area contributed by atoms with Crippen molar-refractivity contribution in [2.75, 3.05) is 6.54 Å². The number of aromatic nitrogens is 3. The van der Waals surface area contributed by atoms with E-state index in [1.165, 1.54) is 0 Å². The maximum Gasteiger partial charge on any atom is 0.326 e. The van der Waals surface area contributed by atoms with Gasteiger partial charge in [-0.1, -0.05) is 33.8 Å². The lowest BCUT2D eigenvalue weighted by Crippen LogP contribution is -2.30. The van der Waals surface area contributed by atoms with Gasteiger partial charge in [0.2, 0.25) is 0 Å². The number of imidazole rings is 1. The van der Waals surface area contributed by atoms with Gasteiger partial charge < -0.3 is 14.6 Å². The molecule has 0 amide bonds. The van der Waals surface area contributed by atoms with Gasteiger partial charge in [0.1, 0.15) is 17.6 Å². The van der Waals surface area contributed by atoms with E-state index in [1.807, 2.05) is 25.1 Å². The van der Waals surface area contributed by atoms with Gasteiger partial charge >= 0.3 is 5.97 Å². The number of carbonyl (C=O) groups is 2. The molecule has 2 N–H and O–H groups in total. The Morgan fingerprint density at radius 3 is 2.56 bits per heavy atom. The highest BCUT2D eigenvalue weighted by molar-refractivity contribution is 8.93. The lowest BCUT2D eigenvalue weighted by atomic mass is 9.84. The topological polar surface area (TPSA) is 112 Å². The maximum atomic E-state index is 13.5. The Labute approximate surface area is 221 Å². The standard InChI is InChI=1S/C27H31N5O3.BrH/c1-5-20(26(34)35)32-14-29-24-18(27(2,3)4)10-17(11-21(24)32)22(33)13-31-12-16-8-9-19(15-6-7-15)30-23(16)25(31)28;/h8-11,14-15,20,28H,5-7,12-13H2,1-4H3,(H,34,35);1H. The van der Waals surface area contributed by atoms with Gasteiger partial charge in [0.05, 0.1) is 23.9 Å². The van der Waals surface area contributed by atoms with Gasteiger partial charge in [-0.3, -0.25) is 10.2 Å². The van der Waals surface area contributed by atoms with Gasteiger partial charge in [-0.05, 0) is 48.4 Å². The van der Waals surface area contributed by atoms with Gasteiger partial charge in [0.25, 0.3) is 0 Å². The predicted octanol–water partition coefficient (Wildman–Crippen LogP) is 5.24. The monoisotopic (exact) mass is 553 g/mol. The van der Waals surface area contributed by atoms with E-state index in [9.17, 15) is 14.7 Å². The fourth-order valence-electron chi connectivity index (χ4n) is 4.88. The van der Waals surface area contributed by atoms with Crippen LogP contribution in [0.5, 0.6) is 0 Å². The lowest BCUT2D eigenvalue weighted by Gasteiger charge is -2.22. The number of halogens is 1. The Morgan fingerprint density at radius 2 is 1.94 bits per heavy atom. The van der Waals surface area contributed by atoms with E-state index < -0.39 is 12.0 Å². The molecule has 1 aliphatic heterocycles. The maximum absolute atomic E-state index is 13.5. The van der Waals surface area contributed by atoms with Crippen LogP contribution in [0.25, 0.3) is 11.0 Å². The van der Waals surface area contributed by atoms with E-state index in [4.69, 9.17) is 10.4 Å². The van der Waals surface area contributed by atoms with Gasteiger partial charge in [-0.2, -0.15) is 0 Å². The zero-order valence-electron chi connectivity index (χ0n) is 21.0. The Balaban J connectivity index is 0.00000304. The zero-order valence-corrected chi connectivity index (χ0v) is 22.8. The summed E-state index contributed by atoms with van der Waals surface area (Å²) in [6.07, 6.45) is 4.27. The highest BCUT2D eigenvalue weighted by Gasteiger charge is 2.32. The van der Waals surface area contributed by atoms with Gasteiger partial charge in [-0.25, -0.2) is 14.8 Å². The summed E-state index contributed by atoms with van der Waals surface area (Å²) in [5.74, 6) is -0.250. The molecule has 1 saturated carbocycles. The first-order valence-electron chi connectivity index (χ1n) is 12.2. The van der Waals surface area contributed by atoms with Crippen LogP contribution in [0.2, 0.25) is 0 Å². The van der Waals surface area contributed by atoms with E-state index in [-0.39, 0.29) is 40.6 Å². The van der Waals surface area contributed by atoms with Crippen LogP contribution in [0.4, 0.5) is 0 Å². The van der Waals surface area contributed by atoms with Crippen LogP contribution in [0, 0.1) is 5.41 Å². The van der Waals surface area contributed by atoms with Crippen LogP contribution in [0.15, 0.2) is 30.6 Å². The summed E-state index contributed by atoms with van der Waals surface area (Å²) in [6, 6.07) is 6.95. The molecule has 0 bridgehead atoms. The van der Waals surface area contributed by atoms with Crippen LogP contribution < -0.4 is 0 Å². The molecule has 1 atom stereocenters. The smallest absolute Gasteiger partial charge is 0.326 e. The minimum Gasteiger partial charge on any atom is -0.480 e. The molecule has 2 aliphatic rings. The fourth-order valence-corrected chi connectivity index (χ4v) is 4.88. The van der Waals surface area contributed by atoms with Crippen molar-refractivity contribution >= 4 is 45.6 Å². The van der Waals surface area contributed by atoms with E-state index in [2.05, 4.69) is 25.8 Å². The summed E-state index contributed by atoms with van der Waals surface area (Å²) in [6.45, 7) is 8.54. The molecule has 36 heavy (non-hydrogen) atoms. The van der Waals surface area contributed by atoms with E-state index >= 15 is 0 Å². The summed E-state index contributed by atoms with van der Waals surface area (Å²) in [4.78, 5) is 36.4. The van der Waals surface area contributed by atoms with E-state index in [0.717, 1.165) is 29.7 Å². The molecule has 8 nitrogen and oxygen atoms in total. The number of hydrogen-bond donors (Lipinski definition) is 2. The van der Waals surface area contributed by atoms with Gasteiger partial charge in [0.15, 0.2) is 5.78 Å². The average Bonchev–Trinajstić information content (AvgIpc) is 3.51. The van der Waals surface area contributed by atoms with Crippen LogP contribution in [0.3, 0.4) is 0 Å². The van der Waals surface area contributed by atoms with Crippen molar-refractivity contribution in [3.8, 4) is 0 Å². The summed E-state index contributed by atoms with van der Waals surface area (Å²) in [7, 11) is 0. The van der Waals surface area contributed by atoms with Crippen LogP contribution in [-0.2, 0) is 16.8 Å². The Morgan fingerprint density at radius 1 is 1.22 bits per heavy atom. The van der Waals surface area contributed by atoms with Crippen LogP contribution in [-0.4, -0.2) is 48.7 Å². The minimum atomic E-state index is -0.929. The Kier molecular flexibility index (Phi) is 6.81. The van der Waals surface area contributed by atoms with Gasteiger partial charge in [-0.15, -0.1) is 17.0 Å². The summed E-state index contributed by atoms with van der Waals surface area (Å²) < 4.78 is 1.65. The summed E-state index contributed by atoms with van der Waals surface area (Å²) >= 11 is 0. The minimum absolute atomic E-state index is 0. The molecule has 0 saturated heterocycles. The van der Waals surface area contributed by atoms with Crippen molar-refractivity contribution in [2.45, 2.75) is 70.9 Å². The third-order valence-corrected chi connectivity index (χ3v) is 7.05. The highest BCUT2D eigenvalue weighted by Crippen LogP contribution is 2.40. The number of rotatable bonds is 7. The molecular weight excluding hydrogens is 522 g/mol. The summed E-state index contributed by atoms with van der Waals surface area (Å²) in [5, 5.41) is 18.4. The SMILES string of the molecule is Br.CCC(C(=O)O)n1cnc2c(C(C)(C)C)cc(C(=O)CN3Cc4ccc(C5CC5)nc4C3=N)cc21. The number of pyridine rings is 1. The molecule has 1 aromatic carbocycles. The molecule has 190 valence electrons. The van der Waals surface area contributed by atoms with E-state index in [1.54, 1.807) is 21.9 Å². The number of carboxylic acid groups (broad SMARTS) is 1. The normalized spacial score (nSPS) is 16.1. The van der Waals surface area contributed by atoms with E-state index in [0.29, 0.717) is 41.2 Å². The van der Waals surface area contributed by atoms with Crippen LogP contribution >= 0.6 is 17.0 Å². The van der Waals surface area contributed by atoms with Crippen molar-refractivity contribution in [1.82, 2.24) is 19.4 Å². The number of hydrogen-bond acceptors (Lipinski definition) is 5. The van der Waals surface area contributed by atoms with Gasteiger partial charge in [0, 0.05) is 29.3 Å². The number of ketones is 1. The first-order chi connectivity index (χ1) is 16.6. The second kappa shape index (κ2) is 9.42. The molecule has 0 radical (unpaired) electrons. The second-order valence-electron chi connectivity index (χ2n) is 10.7. The quantitative estimate of drug-likeness (QED) is 0.386. The van der Waals surface area contributed by atoms with Crippen molar-refractivity contribution in [2.24, 2.45) is 0 Å². The largest absolute Gasteiger partial charge is 0.480 e. The number of benzene rings is 1. The Hall–Kier alpha value is -3.07. The fraction of sp³-hybridized carbons (Fsp3) is 0.444. The number of carboxylic acids is 1. The number of nitrogens with one attached hydrogen (secondary N) is 1. The highest BCUT2D eigenvalue weighted by atomic mass is 79.9. The molecule has 1 fully saturated rings. The first-order valence-corrected chi connectivity index (χ1v) is 12.2. The summed E-state index contributed by atoms with van der Waals surface area (Å²) in [5.41, 5.74) is 5.16. The lowest BCUT2D eigenvalue weighted by molar-refractivity contribution is -0.140. The molecule has 9 heteroatoms. The third-order valence-electron chi connectivity index (χ3n) is 7.05. The molecule has 1 unspecified atom stereocenters. The van der Waals surface area contributed by atoms with Crippen LogP contribution in [0.1, 0.15) is 91.8 Å². The predicted molar refractivity (Wildman–Crippen MR) is 143 cm³/mol. The first kappa shape index (κ1) is 26.0. The molecule has 3 heterocycles. The second-order valence-corrected chi connectivity index (χ2v) is 10.7. The number of carbonyl (C=O) groups excluding carboxylic acids is 1. The van der Waals surface area contributed by atoms with Crippen molar-refractivity contribution < 1.29 is 14.7 Å². The number of nitrogens with zero attached hydrogens (tertiary/aromatic N) is 4. The molecular formula is C27H32BrN5O3. The zero-order chi connectivity index (χ0) is 25.1. The third kappa shape index (κ3) is 4.56. The average molecular weight is 554 g/mol. The molecule has 3 aromatic rings. The number of Topliss-reactive ketones (excluding diaryl/α,β-unsaturated/α-hetero) is 1.